The molecule has 25 heavy (non-hydrogen) atoms. The maximum atomic E-state index is 12.7. The van der Waals surface area contributed by atoms with Gasteiger partial charge in [-0.25, -0.2) is 0 Å². The van der Waals surface area contributed by atoms with Crippen LogP contribution >= 0.6 is 0 Å². The molecule has 0 spiro atoms. The van der Waals surface area contributed by atoms with Crippen molar-refractivity contribution in [2.45, 2.75) is 45.1 Å². The largest absolute Gasteiger partial charge is 0.550 e. The van der Waals surface area contributed by atoms with E-state index in [1.807, 2.05) is 6.92 Å². The Bertz CT molecular complexity index is 803. The molecule has 0 saturated heterocycles. The molecule has 1 atom stereocenters. The Labute approximate surface area is 144 Å². The predicted molar refractivity (Wildman–Crippen MR) is 89.6 cm³/mol. The molecule has 0 fully saturated rings. The maximum Gasteiger partial charge on any atom is 0.278 e. The summed E-state index contributed by atoms with van der Waals surface area (Å²) in [5.41, 5.74) is 0.115. The van der Waals surface area contributed by atoms with Crippen LogP contribution in [-0.2, 0) is 9.59 Å². The molecule has 8 nitrogen and oxygen atoms in total. The van der Waals surface area contributed by atoms with Crippen molar-refractivity contribution in [3.05, 3.63) is 34.6 Å². The molecule has 1 aromatic heterocycles. The van der Waals surface area contributed by atoms with Crippen molar-refractivity contribution >= 4 is 22.8 Å². The van der Waals surface area contributed by atoms with Gasteiger partial charge in [-0.2, -0.15) is 4.68 Å². The fourth-order valence-corrected chi connectivity index (χ4v) is 2.53. The van der Waals surface area contributed by atoms with Crippen molar-refractivity contribution in [1.29, 1.82) is 0 Å². The van der Waals surface area contributed by atoms with E-state index in [-0.39, 0.29) is 30.9 Å². The van der Waals surface area contributed by atoms with Crippen molar-refractivity contribution in [2.75, 3.05) is 6.54 Å². The number of hydrogen-bond donors (Lipinski definition) is 1. The van der Waals surface area contributed by atoms with Crippen LogP contribution in [0, 0.1) is 0 Å². The van der Waals surface area contributed by atoms with Crippen molar-refractivity contribution in [3.8, 4) is 0 Å². The molecule has 0 aliphatic carbocycles. The molecule has 0 unspecified atom stereocenters. The number of carbonyl (C=O) groups excluding carboxylic acids is 2. The van der Waals surface area contributed by atoms with Gasteiger partial charge in [-0.3, -0.25) is 9.59 Å². The molecule has 1 heterocycles. The van der Waals surface area contributed by atoms with Gasteiger partial charge in [0.15, 0.2) is 0 Å². The smallest absolute Gasteiger partial charge is 0.278 e. The van der Waals surface area contributed by atoms with Crippen molar-refractivity contribution in [1.82, 2.24) is 20.3 Å². The van der Waals surface area contributed by atoms with Crippen LogP contribution in [0.25, 0.3) is 10.9 Å². The SMILES string of the molecule is CCCC[C@H](C(=O)NCCCC(=O)[O-])n1nnc2ccccc2c1=O. The number of nitrogens with one attached hydrogen (secondary N) is 1. The molecule has 1 N–H and O–H groups in total. The summed E-state index contributed by atoms with van der Waals surface area (Å²) in [6.07, 6.45) is 2.21. The van der Waals surface area contributed by atoms with Crippen LogP contribution in [0.2, 0.25) is 0 Å². The van der Waals surface area contributed by atoms with Crippen molar-refractivity contribution in [2.24, 2.45) is 0 Å². The first-order valence-corrected chi connectivity index (χ1v) is 8.36. The van der Waals surface area contributed by atoms with Gasteiger partial charge in [-0.1, -0.05) is 37.1 Å². The second-order valence-corrected chi connectivity index (χ2v) is 5.78. The van der Waals surface area contributed by atoms with E-state index in [1.165, 1.54) is 0 Å². The van der Waals surface area contributed by atoms with Crippen LogP contribution < -0.4 is 16.0 Å². The summed E-state index contributed by atoms with van der Waals surface area (Å²) in [6, 6.07) is 6.07. The lowest BCUT2D eigenvalue weighted by molar-refractivity contribution is -0.305. The number of benzene rings is 1. The van der Waals surface area contributed by atoms with Crippen molar-refractivity contribution in [3.63, 3.8) is 0 Å². The van der Waals surface area contributed by atoms with Gasteiger partial charge in [0, 0.05) is 12.5 Å². The minimum atomic E-state index is -1.16. The number of fused-ring (bicyclic) bond motifs is 1. The van der Waals surface area contributed by atoms with Gasteiger partial charge in [0.25, 0.3) is 5.56 Å². The van der Waals surface area contributed by atoms with Gasteiger partial charge in [-0.05, 0) is 31.4 Å². The van der Waals surface area contributed by atoms with E-state index in [0.29, 0.717) is 17.3 Å². The number of nitrogens with zero attached hydrogens (tertiary/aromatic N) is 3. The van der Waals surface area contributed by atoms with Gasteiger partial charge in [0.2, 0.25) is 5.91 Å². The van der Waals surface area contributed by atoms with Gasteiger partial charge in [-0.15, -0.1) is 5.10 Å². The molecule has 1 aromatic carbocycles. The molecule has 134 valence electrons. The lowest BCUT2D eigenvalue weighted by Gasteiger charge is -2.18. The van der Waals surface area contributed by atoms with Crippen LogP contribution in [0.5, 0.6) is 0 Å². The first-order chi connectivity index (χ1) is 12.0. The zero-order valence-corrected chi connectivity index (χ0v) is 14.1. The highest BCUT2D eigenvalue weighted by Crippen LogP contribution is 2.14. The van der Waals surface area contributed by atoms with Crippen LogP contribution in [0.4, 0.5) is 0 Å². The Hall–Kier alpha value is -2.77. The number of hydrogen-bond acceptors (Lipinski definition) is 6. The minimum absolute atomic E-state index is 0.129. The van der Waals surface area contributed by atoms with E-state index in [1.54, 1.807) is 24.3 Å². The van der Waals surface area contributed by atoms with Gasteiger partial charge in [0.05, 0.1) is 5.39 Å². The summed E-state index contributed by atoms with van der Waals surface area (Å²) in [7, 11) is 0. The summed E-state index contributed by atoms with van der Waals surface area (Å²) >= 11 is 0. The molecule has 0 radical (unpaired) electrons. The zero-order chi connectivity index (χ0) is 18.2. The third-order valence-corrected chi connectivity index (χ3v) is 3.88. The standard InChI is InChI=1S/C17H22N4O4/c1-2-3-9-14(16(24)18-11-6-10-15(22)23)21-17(25)12-7-4-5-8-13(12)19-20-21/h4-5,7-8,14H,2-3,6,9-11H2,1H3,(H,18,24)(H,22,23)/p-1/t14-/m1/s1. The quantitative estimate of drug-likeness (QED) is 0.647. The fraction of sp³-hybridized carbons (Fsp3) is 0.471. The Kier molecular flexibility index (Phi) is 6.62. The molecular weight excluding hydrogens is 324 g/mol. The lowest BCUT2D eigenvalue weighted by Crippen LogP contribution is -2.39. The molecular formula is C17H21N4O4-. The number of carboxylic acid groups (broad SMARTS) is 1. The van der Waals surface area contributed by atoms with E-state index in [2.05, 4.69) is 15.6 Å². The third kappa shape index (κ3) is 4.85. The fourth-order valence-electron chi connectivity index (χ4n) is 2.53. The predicted octanol–water partition coefficient (Wildman–Crippen LogP) is 0.169. The Morgan fingerprint density at radius 1 is 1.28 bits per heavy atom. The van der Waals surface area contributed by atoms with Gasteiger partial charge >= 0.3 is 0 Å². The molecule has 1 amide bonds. The average Bonchev–Trinajstić information content (AvgIpc) is 2.60. The summed E-state index contributed by atoms with van der Waals surface area (Å²) in [5.74, 6) is -1.52. The Morgan fingerprint density at radius 3 is 2.76 bits per heavy atom. The third-order valence-electron chi connectivity index (χ3n) is 3.88. The summed E-state index contributed by atoms with van der Waals surface area (Å²) in [4.78, 5) is 35.6. The molecule has 0 saturated carbocycles. The first-order valence-electron chi connectivity index (χ1n) is 8.36. The number of rotatable bonds is 9. The van der Waals surface area contributed by atoms with E-state index >= 15 is 0 Å². The minimum Gasteiger partial charge on any atom is -0.550 e. The maximum absolute atomic E-state index is 12.7. The molecule has 2 rings (SSSR count). The molecule has 2 aromatic rings. The average molecular weight is 345 g/mol. The summed E-state index contributed by atoms with van der Waals surface area (Å²) < 4.78 is 1.12. The normalized spacial score (nSPS) is 12.0. The lowest BCUT2D eigenvalue weighted by atomic mass is 10.1. The number of unbranched alkanes of at least 4 members (excludes halogenated alkanes) is 1. The number of carbonyl (C=O) groups is 2. The van der Waals surface area contributed by atoms with Crippen molar-refractivity contribution < 1.29 is 14.7 Å². The number of amides is 1. The molecule has 8 heteroatoms. The van der Waals surface area contributed by atoms with E-state index in [0.717, 1.165) is 17.5 Å². The van der Waals surface area contributed by atoms with Crippen LogP contribution in [0.15, 0.2) is 29.1 Å². The molecule has 0 aliphatic heterocycles. The number of carboxylic acids is 1. The van der Waals surface area contributed by atoms with Gasteiger partial charge in [0.1, 0.15) is 11.6 Å². The highest BCUT2D eigenvalue weighted by molar-refractivity contribution is 5.81. The number of aromatic nitrogens is 3. The van der Waals surface area contributed by atoms with E-state index in [4.69, 9.17) is 0 Å². The second-order valence-electron chi connectivity index (χ2n) is 5.78. The Morgan fingerprint density at radius 2 is 2.04 bits per heavy atom. The Balaban J connectivity index is 2.21. The second kappa shape index (κ2) is 8.91. The topological polar surface area (TPSA) is 117 Å². The molecule has 0 aliphatic rings. The molecule has 0 bridgehead atoms. The monoisotopic (exact) mass is 345 g/mol. The van der Waals surface area contributed by atoms with Crippen LogP contribution in [0.1, 0.15) is 45.1 Å². The first kappa shape index (κ1) is 18.6. The van der Waals surface area contributed by atoms with E-state index < -0.39 is 12.0 Å². The highest BCUT2D eigenvalue weighted by atomic mass is 16.4. The van der Waals surface area contributed by atoms with Gasteiger partial charge < -0.3 is 15.2 Å². The number of aliphatic carboxylic acids is 1. The summed E-state index contributed by atoms with van der Waals surface area (Å²) in [5, 5.41) is 21.4. The highest BCUT2D eigenvalue weighted by Gasteiger charge is 2.23. The van der Waals surface area contributed by atoms with Crippen LogP contribution in [-0.4, -0.2) is 33.4 Å². The van der Waals surface area contributed by atoms with E-state index in [9.17, 15) is 19.5 Å². The summed E-state index contributed by atoms with van der Waals surface area (Å²) in [6.45, 7) is 2.19. The zero-order valence-electron chi connectivity index (χ0n) is 14.1. The van der Waals surface area contributed by atoms with Crippen LogP contribution in [0.3, 0.4) is 0 Å².